The Bertz CT molecular complexity index is 486. The van der Waals surface area contributed by atoms with E-state index in [9.17, 15) is 9.18 Å². The maximum Gasteiger partial charge on any atom is 0.165 e. The van der Waals surface area contributed by atoms with Gasteiger partial charge in [-0.25, -0.2) is 4.39 Å². The first kappa shape index (κ1) is 17.2. The molecule has 1 aliphatic rings. The minimum absolute atomic E-state index is 0.0578. The van der Waals surface area contributed by atoms with Gasteiger partial charge in [0.05, 0.1) is 5.56 Å². The Balaban J connectivity index is 1.99. The fraction of sp³-hybridized carbons (Fsp3) is 0.650. The van der Waals surface area contributed by atoms with Crippen molar-refractivity contribution in [2.45, 2.75) is 77.6 Å². The van der Waals surface area contributed by atoms with Gasteiger partial charge in [0, 0.05) is 6.42 Å². The zero-order chi connectivity index (χ0) is 15.9. The predicted octanol–water partition coefficient (Wildman–Crippen LogP) is 6.27. The van der Waals surface area contributed by atoms with Crippen molar-refractivity contribution in [3.05, 3.63) is 35.1 Å². The Labute approximate surface area is 134 Å². The van der Waals surface area contributed by atoms with Crippen LogP contribution in [0, 0.1) is 11.7 Å². The normalized spacial score (nSPS) is 21.8. The highest BCUT2D eigenvalue weighted by atomic mass is 19.1. The molecular weight excluding hydrogens is 275 g/mol. The van der Waals surface area contributed by atoms with E-state index in [0.29, 0.717) is 12.3 Å². The average molecular weight is 304 g/mol. The van der Waals surface area contributed by atoms with Gasteiger partial charge in [0.2, 0.25) is 0 Å². The number of hydrogen-bond donors (Lipinski definition) is 0. The van der Waals surface area contributed by atoms with Gasteiger partial charge in [-0.15, -0.1) is 0 Å². The molecule has 0 aromatic heterocycles. The van der Waals surface area contributed by atoms with Crippen LogP contribution in [0.5, 0.6) is 0 Å². The first-order valence-corrected chi connectivity index (χ1v) is 8.98. The third kappa shape index (κ3) is 4.41. The van der Waals surface area contributed by atoms with Gasteiger partial charge in [0.15, 0.2) is 5.78 Å². The molecule has 1 fully saturated rings. The summed E-state index contributed by atoms with van der Waals surface area (Å²) in [6.07, 6.45) is 9.68. The lowest BCUT2D eigenvalue weighted by Crippen LogP contribution is -2.14. The molecule has 0 unspecified atom stereocenters. The van der Waals surface area contributed by atoms with Crippen LogP contribution in [0.2, 0.25) is 0 Å². The van der Waals surface area contributed by atoms with Crippen LogP contribution >= 0.6 is 0 Å². The maximum atomic E-state index is 14.3. The number of carbonyl (C=O) groups is 1. The molecule has 1 aromatic carbocycles. The fourth-order valence-electron chi connectivity index (χ4n) is 3.68. The minimum atomic E-state index is -0.325. The van der Waals surface area contributed by atoms with Gasteiger partial charge in [-0.1, -0.05) is 39.2 Å². The van der Waals surface area contributed by atoms with Crippen LogP contribution in [-0.2, 0) is 0 Å². The van der Waals surface area contributed by atoms with Crippen LogP contribution in [0.25, 0.3) is 0 Å². The van der Waals surface area contributed by atoms with Crippen molar-refractivity contribution in [3.8, 4) is 0 Å². The standard InChI is InChI=1S/C20H29FO/c1-3-5-7-20(22)18-13-12-17(14-19(18)21)16-10-8-15(6-4-2)9-11-16/h12-16H,3-11H2,1-2H3. The maximum absolute atomic E-state index is 14.3. The second-order valence-corrected chi connectivity index (χ2v) is 6.77. The Morgan fingerprint density at radius 3 is 2.45 bits per heavy atom. The van der Waals surface area contributed by atoms with E-state index in [2.05, 4.69) is 6.92 Å². The summed E-state index contributed by atoms with van der Waals surface area (Å²) in [6.45, 7) is 4.29. The third-order valence-corrected chi connectivity index (χ3v) is 5.07. The summed E-state index contributed by atoms with van der Waals surface area (Å²) in [4.78, 5) is 12.0. The first-order chi connectivity index (χ1) is 10.7. The number of rotatable bonds is 7. The monoisotopic (exact) mass is 304 g/mol. The van der Waals surface area contributed by atoms with Gasteiger partial charge >= 0.3 is 0 Å². The zero-order valence-electron chi connectivity index (χ0n) is 14.0. The van der Waals surface area contributed by atoms with Crippen LogP contribution in [-0.4, -0.2) is 5.78 Å². The summed E-state index contributed by atoms with van der Waals surface area (Å²) in [5.74, 6) is 0.954. The highest BCUT2D eigenvalue weighted by Gasteiger charge is 2.23. The molecule has 2 heteroatoms. The summed E-state index contributed by atoms with van der Waals surface area (Å²) in [6, 6.07) is 5.30. The number of ketones is 1. The van der Waals surface area contributed by atoms with Crippen molar-refractivity contribution < 1.29 is 9.18 Å². The molecule has 0 N–H and O–H groups in total. The number of unbranched alkanes of at least 4 members (excludes halogenated alkanes) is 1. The van der Waals surface area contributed by atoms with E-state index in [4.69, 9.17) is 0 Å². The highest BCUT2D eigenvalue weighted by Crippen LogP contribution is 2.37. The van der Waals surface area contributed by atoms with Crippen LogP contribution in [0.15, 0.2) is 18.2 Å². The molecule has 0 spiro atoms. The Morgan fingerprint density at radius 2 is 1.86 bits per heavy atom. The number of hydrogen-bond acceptors (Lipinski definition) is 1. The Hall–Kier alpha value is -1.18. The molecule has 0 heterocycles. The molecule has 0 radical (unpaired) electrons. The number of Topliss-reactive ketones (excluding diaryl/α,β-unsaturated/α-hetero) is 1. The van der Waals surface area contributed by atoms with Gasteiger partial charge in [-0.2, -0.15) is 0 Å². The van der Waals surface area contributed by atoms with Gasteiger partial charge in [0.1, 0.15) is 5.82 Å². The van der Waals surface area contributed by atoms with Crippen molar-refractivity contribution in [1.29, 1.82) is 0 Å². The molecule has 0 atom stereocenters. The second-order valence-electron chi connectivity index (χ2n) is 6.77. The summed E-state index contributed by atoms with van der Waals surface area (Å²) in [5.41, 5.74) is 1.36. The van der Waals surface area contributed by atoms with E-state index in [1.807, 2.05) is 13.0 Å². The molecule has 0 aliphatic heterocycles. The highest BCUT2D eigenvalue weighted by molar-refractivity contribution is 5.96. The van der Waals surface area contributed by atoms with Crippen molar-refractivity contribution >= 4 is 5.78 Å². The number of halogens is 1. The van der Waals surface area contributed by atoms with Crippen molar-refractivity contribution in [3.63, 3.8) is 0 Å². The van der Waals surface area contributed by atoms with E-state index in [-0.39, 0.29) is 17.2 Å². The molecule has 1 saturated carbocycles. The van der Waals surface area contributed by atoms with Gasteiger partial charge in [-0.05, 0) is 61.6 Å². The van der Waals surface area contributed by atoms with Crippen LogP contribution < -0.4 is 0 Å². The quantitative estimate of drug-likeness (QED) is 0.542. The first-order valence-electron chi connectivity index (χ1n) is 8.98. The summed E-state index contributed by atoms with van der Waals surface area (Å²) in [5, 5.41) is 0. The molecule has 122 valence electrons. The topological polar surface area (TPSA) is 17.1 Å². The summed E-state index contributed by atoms with van der Waals surface area (Å²) < 4.78 is 14.3. The lowest BCUT2D eigenvalue weighted by atomic mass is 9.77. The van der Waals surface area contributed by atoms with Gasteiger partial charge < -0.3 is 0 Å². The van der Waals surface area contributed by atoms with E-state index in [1.54, 1.807) is 12.1 Å². The molecule has 22 heavy (non-hydrogen) atoms. The van der Waals surface area contributed by atoms with Crippen molar-refractivity contribution in [2.75, 3.05) is 0 Å². The largest absolute Gasteiger partial charge is 0.294 e. The molecule has 0 bridgehead atoms. The van der Waals surface area contributed by atoms with E-state index < -0.39 is 0 Å². The zero-order valence-corrected chi connectivity index (χ0v) is 14.0. The van der Waals surface area contributed by atoms with Crippen LogP contribution in [0.1, 0.15) is 93.5 Å². The summed E-state index contributed by atoms with van der Waals surface area (Å²) in [7, 11) is 0. The van der Waals surface area contributed by atoms with Crippen molar-refractivity contribution in [2.24, 2.45) is 5.92 Å². The second kappa shape index (κ2) is 8.45. The molecule has 2 rings (SSSR count). The Kier molecular flexibility index (Phi) is 6.60. The molecule has 0 amide bonds. The number of carbonyl (C=O) groups excluding carboxylic acids is 1. The predicted molar refractivity (Wildman–Crippen MR) is 89.9 cm³/mol. The van der Waals surface area contributed by atoms with E-state index >= 15 is 0 Å². The number of benzene rings is 1. The summed E-state index contributed by atoms with van der Waals surface area (Å²) >= 11 is 0. The van der Waals surface area contributed by atoms with Crippen LogP contribution in [0.4, 0.5) is 4.39 Å². The molecule has 1 nitrogen and oxygen atoms in total. The molecule has 1 aromatic rings. The van der Waals surface area contributed by atoms with Crippen molar-refractivity contribution in [1.82, 2.24) is 0 Å². The Morgan fingerprint density at radius 1 is 1.14 bits per heavy atom. The van der Waals surface area contributed by atoms with Gasteiger partial charge in [0.25, 0.3) is 0 Å². The molecular formula is C20H29FO. The van der Waals surface area contributed by atoms with E-state index in [1.165, 1.54) is 25.7 Å². The third-order valence-electron chi connectivity index (χ3n) is 5.07. The lowest BCUT2D eigenvalue weighted by Gasteiger charge is -2.28. The SMILES string of the molecule is CCCCC(=O)c1ccc(C2CCC(CCC)CC2)cc1F. The fourth-order valence-corrected chi connectivity index (χ4v) is 3.68. The smallest absolute Gasteiger partial charge is 0.165 e. The van der Waals surface area contributed by atoms with Gasteiger partial charge in [-0.3, -0.25) is 4.79 Å². The average Bonchev–Trinajstić information content (AvgIpc) is 2.53. The molecule has 1 aliphatic carbocycles. The van der Waals surface area contributed by atoms with Crippen LogP contribution in [0.3, 0.4) is 0 Å². The minimum Gasteiger partial charge on any atom is -0.294 e. The van der Waals surface area contributed by atoms with E-state index in [0.717, 1.165) is 37.2 Å². The molecule has 0 saturated heterocycles. The lowest BCUT2D eigenvalue weighted by molar-refractivity contribution is 0.0976.